The standard InChI is InChI=1S/C14H15N5O4/c1-9-13(19(22)23)7-15-18(9)8-14(21)17-12-5-3-11(4-6-12)16-10(2)20/h3-7H,8H2,1-2H3,(H,16,20)(H,17,21). The van der Waals surface area contributed by atoms with Gasteiger partial charge in [0.2, 0.25) is 11.8 Å². The van der Waals surface area contributed by atoms with Crippen LogP contribution in [0.2, 0.25) is 0 Å². The maximum Gasteiger partial charge on any atom is 0.309 e. The van der Waals surface area contributed by atoms with Crippen molar-refractivity contribution in [1.29, 1.82) is 0 Å². The Labute approximate surface area is 131 Å². The van der Waals surface area contributed by atoms with Crippen LogP contribution in [-0.2, 0) is 16.1 Å². The van der Waals surface area contributed by atoms with E-state index >= 15 is 0 Å². The molecule has 2 rings (SSSR count). The Bertz CT molecular complexity index is 751. The monoisotopic (exact) mass is 317 g/mol. The molecule has 1 aromatic heterocycles. The largest absolute Gasteiger partial charge is 0.326 e. The van der Waals surface area contributed by atoms with Gasteiger partial charge in [-0.3, -0.25) is 24.4 Å². The second kappa shape index (κ2) is 6.69. The fourth-order valence-corrected chi connectivity index (χ4v) is 1.95. The molecule has 0 aliphatic heterocycles. The molecule has 0 spiro atoms. The Morgan fingerprint density at radius 3 is 2.26 bits per heavy atom. The molecule has 0 bridgehead atoms. The van der Waals surface area contributed by atoms with Crippen LogP contribution in [0.1, 0.15) is 12.6 Å². The number of benzene rings is 1. The van der Waals surface area contributed by atoms with Crippen LogP contribution in [-0.4, -0.2) is 26.5 Å². The lowest BCUT2D eigenvalue weighted by Crippen LogP contribution is -2.20. The van der Waals surface area contributed by atoms with Gasteiger partial charge in [0, 0.05) is 18.3 Å². The minimum atomic E-state index is -0.544. The molecule has 0 atom stereocenters. The van der Waals surface area contributed by atoms with E-state index in [4.69, 9.17) is 0 Å². The third-order valence-electron chi connectivity index (χ3n) is 3.06. The summed E-state index contributed by atoms with van der Waals surface area (Å²) in [5.74, 6) is -0.545. The van der Waals surface area contributed by atoms with E-state index in [0.717, 1.165) is 6.20 Å². The Morgan fingerprint density at radius 1 is 1.22 bits per heavy atom. The lowest BCUT2D eigenvalue weighted by molar-refractivity contribution is -0.385. The predicted molar refractivity (Wildman–Crippen MR) is 83.0 cm³/mol. The number of amides is 2. The first-order valence-corrected chi connectivity index (χ1v) is 6.71. The van der Waals surface area contributed by atoms with Crippen LogP contribution in [0.15, 0.2) is 30.5 Å². The number of anilines is 2. The number of nitrogens with zero attached hydrogens (tertiary/aromatic N) is 3. The normalized spacial score (nSPS) is 10.2. The number of hydrogen-bond acceptors (Lipinski definition) is 5. The molecular formula is C14H15N5O4. The molecule has 0 aliphatic rings. The molecule has 9 nitrogen and oxygen atoms in total. The van der Waals surface area contributed by atoms with Crippen LogP contribution in [0.4, 0.5) is 17.1 Å². The van der Waals surface area contributed by atoms with E-state index < -0.39 is 4.92 Å². The molecular weight excluding hydrogens is 302 g/mol. The van der Waals surface area contributed by atoms with E-state index in [9.17, 15) is 19.7 Å². The molecule has 0 unspecified atom stereocenters. The second-order valence-corrected chi connectivity index (χ2v) is 4.84. The van der Waals surface area contributed by atoms with Gasteiger partial charge >= 0.3 is 5.69 Å². The molecule has 1 aromatic carbocycles. The van der Waals surface area contributed by atoms with Crippen molar-refractivity contribution < 1.29 is 14.5 Å². The van der Waals surface area contributed by atoms with Crippen LogP contribution in [0.3, 0.4) is 0 Å². The van der Waals surface area contributed by atoms with Crippen molar-refractivity contribution in [2.75, 3.05) is 10.6 Å². The Morgan fingerprint density at radius 2 is 1.78 bits per heavy atom. The number of hydrogen-bond donors (Lipinski definition) is 2. The lowest BCUT2D eigenvalue weighted by atomic mass is 10.2. The third kappa shape index (κ3) is 4.13. The number of carbonyl (C=O) groups excluding carboxylic acids is 2. The van der Waals surface area contributed by atoms with Gasteiger partial charge in [-0.05, 0) is 31.2 Å². The van der Waals surface area contributed by atoms with Gasteiger partial charge in [0.1, 0.15) is 18.4 Å². The highest BCUT2D eigenvalue weighted by Crippen LogP contribution is 2.17. The number of nitro groups is 1. The molecule has 0 aliphatic carbocycles. The summed E-state index contributed by atoms with van der Waals surface area (Å²) >= 11 is 0. The van der Waals surface area contributed by atoms with E-state index in [-0.39, 0.29) is 24.0 Å². The summed E-state index contributed by atoms with van der Waals surface area (Å²) in [4.78, 5) is 33.1. The fourth-order valence-electron chi connectivity index (χ4n) is 1.95. The van der Waals surface area contributed by atoms with Gasteiger partial charge in [0.25, 0.3) is 0 Å². The fraction of sp³-hybridized carbons (Fsp3) is 0.214. The van der Waals surface area contributed by atoms with Crippen molar-refractivity contribution in [3.63, 3.8) is 0 Å². The summed E-state index contributed by atoms with van der Waals surface area (Å²) in [5, 5.41) is 19.8. The van der Waals surface area contributed by atoms with Crippen molar-refractivity contribution in [2.45, 2.75) is 20.4 Å². The molecule has 0 saturated carbocycles. The number of aromatic nitrogens is 2. The summed E-state index contributed by atoms with van der Waals surface area (Å²) in [6, 6.07) is 6.59. The highest BCUT2D eigenvalue weighted by atomic mass is 16.6. The van der Waals surface area contributed by atoms with Gasteiger partial charge in [0.15, 0.2) is 0 Å². The summed E-state index contributed by atoms with van der Waals surface area (Å²) in [6.07, 6.45) is 1.12. The molecule has 23 heavy (non-hydrogen) atoms. The van der Waals surface area contributed by atoms with Gasteiger partial charge in [-0.1, -0.05) is 0 Å². The first-order chi connectivity index (χ1) is 10.9. The molecule has 0 saturated heterocycles. The van der Waals surface area contributed by atoms with Gasteiger partial charge in [-0.2, -0.15) is 5.10 Å². The van der Waals surface area contributed by atoms with Crippen LogP contribution in [0.25, 0.3) is 0 Å². The smallest absolute Gasteiger partial charge is 0.309 e. The Kier molecular flexibility index (Phi) is 4.69. The summed E-state index contributed by atoms with van der Waals surface area (Å²) in [7, 11) is 0. The van der Waals surface area contributed by atoms with E-state index in [1.165, 1.54) is 18.5 Å². The number of rotatable bonds is 5. The van der Waals surface area contributed by atoms with E-state index in [0.29, 0.717) is 17.1 Å². The number of nitrogens with one attached hydrogen (secondary N) is 2. The van der Waals surface area contributed by atoms with E-state index in [1.807, 2.05) is 0 Å². The molecule has 9 heteroatoms. The number of carbonyl (C=O) groups is 2. The average molecular weight is 317 g/mol. The summed E-state index contributed by atoms with van der Waals surface area (Å²) < 4.78 is 1.26. The maximum atomic E-state index is 12.0. The first kappa shape index (κ1) is 16.1. The first-order valence-electron chi connectivity index (χ1n) is 6.71. The Balaban J connectivity index is 1.99. The quantitative estimate of drug-likeness (QED) is 0.642. The van der Waals surface area contributed by atoms with Crippen molar-refractivity contribution in [3.05, 3.63) is 46.3 Å². The van der Waals surface area contributed by atoms with Gasteiger partial charge in [0.05, 0.1) is 4.92 Å². The molecule has 2 aromatic rings. The zero-order valence-electron chi connectivity index (χ0n) is 12.6. The molecule has 0 radical (unpaired) electrons. The molecule has 2 N–H and O–H groups in total. The highest BCUT2D eigenvalue weighted by Gasteiger charge is 2.17. The summed E-state index contributed by atoms with van der Waals surface area (Å²) in [6.45, 7) is 2.80. The van der Waals surface area contributed by atoms with Crippen LogP contribution in [0, 0.1) is 17.0 Å². The highest BCUT2D eigenvalue weighted by molar-refractivity contribution is 5.92. The maximum absolute atomic E-state index is 12.0. The zero-order valence-corrected chi connectivity index (χ0v) is 12.6. The molecule has 2 amide bonds. The van der Waals surface area contributed by atoms with Gasteiger partial charge in [-0.25, -0.2) is 0 Å². The van der Waals surface area contributed by atoms with Gasteiger partial charge < -0.3 is 10.6 Å². The minimum absolute atomic E-state index is 0.127. The van der Waals surface area contributed by atoms with Crippen molar-refractivity contribution in [3.8, 4) is 0 Å². The second-order valence-electron chi connectivity index (χ2n) is 4.84. The Hall–Kier alpha value is -3.23. The van der Waals surface area contributed by atoms with Gasteiger partial charge in [-0.15, -0.1) is 0 Å². The summed E-state index contributed by atoms with van der Waals surface area (Å²) in [5.41, 5.74) is 1.35. The van der Waals surface area contributed by atoms with Crippen molar-refractivity contribution in [2.24, 2.45) is 0 Å². The van der Waals surface area contributed by atoms with Crippen LogP contribution >= 0.6 is 0 Å². The molecule has 120 valence electrons. The lowest BCUT2D eigenvalue weighted by Gasteiger charge is -2.08. The third-order valence-corrected chi connectivity index (χ3v) is 3.06. The van der Waals surface area contributed by atoms with Crippen molar-refractivity contribution >= 4 is 28.9 Å². The van der Waals surface area contributed by atoms with Crippen molar-refractivity contribution in [1.82, 2.24) is 9.78 Å². The van der Waals surface area contributed by atoms with Crippen LogP contribution in [0.5, 0.6) is 0 Å². The SMILES string of the molecule is CC(=O)Nc1ccc(NC(=O)Cn2ncc([N+](=O)[O-])c2C)cc1. The predicted octanol–water partition coefficient (Wildman–Crippen LogP) is 1.70. The molecule has 0 fully saturated rings. The molecule has 1 heterocycles. The topological polar surface area (TPSA) is 119 Å². The van der Waals surface area contributed by atoms with Crippen LogP contribution < -0.4 is 10.6 Å². The minimum Gasteiger partial charge on any atom is -0.326 e. The zero-order chi connectivity index (χ0) is 17.0. The average Bonchev–Trinajstić information content (AvgIpc) is 2.82. The van der Waals surface area contributed by atoms with E-state index in [1.54, 1.807) is 24.3 Å². The van der Waals surface area contributed by atoms with E-state index in [2.05, 4.69) is 15.7 Å².